The number of rotatable bonds is 5. The second-order valence-electron chi connectivity index (χ2n) is 6.35. The van der Waals surface area contributed by atoms with Gasteiger partial charge in [-0.25, -0.2) is 0 Å². The van der Waals surface area contributed by atoms with Gasteiger partial charge in [-0.15, -0.1) is 0 Å². The van der Waals surface area contributed by atoms with Crippen molar-refractivity contribution in [1.82, 2.24) is 15.0 Å². The van der Waals surface area contributed by atoms with Gasteiger partial charge in [0.05, 0.1) is 13.0 Å². The predicted octanol–water partition coefficient (Wildman–Crippen LogP) is 3.26. The Labute approximate surface area is 151 Å². The Hall–Kier alpha value is -3.15. The van der Waals surface area contributed by atoms with E-state index in [4.69, 9.17) is 9.26 Å². The number of nitrogens with zero attached hydrogens (tertiary/aromatic N) is 3. The smallest absolute Gasteiger partial charge is 0.232 e. The number of ether oxygens (including phenoxy) is 1. The van der Waals surface area contributed by atoms with Gasteiger partial charge in [0.25, 0.3) is 0 Å². The van der Waals surface area contributed by atoms with E-state index in [9.17, 15) is 4.79 Å². The minimum absolute atomic E-state index is 0.0642. The molecule has 26 heavy (non-hydrogen) atoms. The van der Waals surface area contributed by atoms with Crippen LogP contribution in [0.3, 0.4) is 0 Å². The van der Waals surface area contributed by atoms with Gasteiger partial charge in [-0.1, -0.05) is 47.6 Å². The highest BCUT2D eigenvalue weighted by Crippen LogP contribution is 2.29. The summed E-state index contributed by atoms with van der Waals surface area (Å²) >= 11 is 0. The Morgan fingerprint density at radius 1 is 1.15 bits per heavy atom. The average molecular weight is 349 g/mol. The third kappa shape index (κ3) is 3.31. The number of amides is 1. The lowest BCUT2D eigenvalue weighted by molar-refractivity contribution is -0.128. The van der Waals surface area contributed by atoms with Crippen LogP contribution in [0.25, 0.3) is 11.4 Å². The molecule has 2 heterocycles. The number of hydrogen-bond donors (Lipinski definition) is 0. The number of methoxy groups -OCH3 is 1. The maximum Gasteiger partial charge on any atom is 0.232 e. The first-order valence-electron chi connectivity index (χ1n) is 8.52. The first-order valence-corrected chi connectivity index (χ1v) is 8.52. The van der Waals surface area contributed by atoms with Gasteiger partial charge >= 0.3 is 0 Å². The van der Waals surface area contributed by atoms with Gasteiger partial charge in [-0.05, 0) is 17.7 Å². The summed E-state index contributed by atoms with van der Waals surface area (Å²) in [5, 5.41) is 4.05. The van der Waals surface area contributed by atoms with Crippen LogP contribution in [0.4, 0.5) is 0 Å². The van der Waals surface area contributed by atoms with Crippen molar-refractivity contribution in [2.24, 2.45) is 0 Å². The largest absolute Gasteiger partial charge is 0.497 e. The maximum absolute atomic E-state index is 12.4. The van der Waals surface area contributed by atoms with Crippen LogP contribution in [0.5, 0.6) is 5.75 Å². The summed E-state index contributed by atoms with van der Waals surface area (Å²) in [5.41, 5.74) is 1.97. The lowest BCUT2D eigenvalue weighted by Gasteiger charge is -2.16. The molecule has 132 valence electrons. The highest BCUT2D eigenvalue weighted by molar-refractivity contribution is 5.79. The molecule has 1 amide bonds. The predicted molar refractivity (Wildman–Crippen MR) is 95.5 cm³/mol. The Kier molecular flexibility index (Phi) is 4.39. The van der Waals surface area contributed by atoms with Crippen molar-refractivity contribution in [3.05, 3.63) is 66.1 Å². The van der Waals surface area contributed by atoms with Crippen molar-refractivity contribution < 1.29 is 14.1 Å². The zero-order valence-corrected chi connectivity index (χ0v) is 14.5. The van der Waals surface area contributed by atoms with Crippen LogP contribution in [0.2, 0.25) is 0 Å². The second kappa shape index (κ2) is 7.00. The highest BCUT2D eigenvalue weighted by Gasteiger charge is 2.34. The molecule has 0 saturated carbocycles. The second-order valence-corrected chi connectivity index (χ2v) is 6.35. The summed E-state index contributed by atoms with van der Waals surface area (Å²) in [5.74, 6) is 1.92. The first-order chi connectivity index (χ1) is 12.7. The molecular formula is C20H19N3O3. The van der Waals surface area contributed by atoms with Gasteiger partial charge in [0.1, 0.15) is 5.75 Å². The van der Waals surface area contributed by atoms with E-state index < -0.39 is 0 Å². The highest BCUT2D eigenvalue weighted by atomic mass is 16.5. The molecule has 6 nitrogen and oxygen atoms in total. The number of hydrogen-bond acceptors (Lipinski definition) is 5. The fraction of sp³-hybridized carbons (Fsp3) is 0.250. The number of carbonyl (C=O) groups excluding carboxylic acids is 1. The van der Waals surface area contributed by atoms with E-state index in [1.807, 2.05) is 59.5 Å². The van der Waals surface area contributed by atoms with E-state index in [-0.39, 0.29) is 11.8 Å². The minimum Gasteiger partial charge on any atom is -0.497 e. The van der Waals surface area contributed by atoms with E-state index in [1.165, 1.54) is 0 Å². The van der Waals surface area contributed by atoms with Crippen molar-refractivity contribution in [3.8, 4) is 17.1 Å². The standard InChI is InChI=1S/C20H19N3O3/c1-25-17-9-7-14(8-10-17)12-23-13-16(11-18(23)24)20-21-19(22-26-20)15-5-3-2-4-6-15/h2-10,16H,11-13H2,1H3. The summed E-state index contributed by atoms with van der Waals surface area (Å²) in [4.78, 5) is 18.7. The molecule has 2 aromatic carbocycles. The molecular weight excluding hydrogens is 330 g/mol. The first kappa shape index (κ1) is 16.3. The van der Waals surface area contributed by atoms with Crippen LogP contribution in [0.15, 0.2) is 59.1 Å². The topological polar surface area (TPSA) is 68.5 Å². The lowest BCUT2D eigenvalue weighted by atomic mass is 10.1. The van der Waals surface area contributed by atoms with Crippen molar-refractivity contribution in [1.29, 1.82) is 0 Å². The van der Waals surface area contributed by atoms with E-state index in [0.717, 1.165) is 16.9 Å². The maximum atomic E-state index is 12.4. The summed E-state index contributed by atoms with van der Waals surface area (Å²) in [6, 6.07) is 17.4. The minimum atomic E-state index is -0.0642. The number of likely N-dealkylation sites (tertiary alicyclic amines) is 1. The van der Waals surface area contributed by atoms with Crippen LogP contribution in [0, 0.1) is 0 Å². The van der Waals surface area contributed by atoms with Gasteiger partial charge in [-0.2, -0.15) is 4.98 Å². The van der Waals surface area contributed by atoms with E-state index in [2.05, 4.69) is 10.1 Å². The molecule has 1 aliphatic rings. The molecule has 0 N–H and O–H groups in total. The number of aromatic nitrogens is 2. The Morgan fingerprint density at radius 3 is 2.65 bits per heavy atom. The SMILES string of the molecule is COc1ccc(CN2CC(c3nc(-c4ccccc4)no3)CC2=O)cc1. The Bertz CT molecular complexity index is 890. The molecule has 1 unspecified atom stereocenters. The normalized spacial score (nSPS) is 16.9. The lowest BCUT2D eigenvalue weighted by Crippen LogP contribution is -2.24. The van der Waals surface area contributed by atoms with Gasteiger partial charge in [0.15, 0.2) is 0 Å². The van der Waals surface area contributed by atoms with E-state index >= 15 is 0 Å². The van der Waals surface area contributed by atoms with Crippen LogP contribution in [-0.2, 0) is 11.3 Å². The van der Waals surface area contributed by atoms with Gasteiger partial charge < -0.3 is 14.2 Å². The zero-order valence-electron chi connectivity index (χ0n) is 14.5. The molecule has 1 atom stereocenters. The molecule has 0 bridgehead atoms. The number of carbonyl (C=O) groups is 1. The molecule has 1 fully saturated rings. The zero-order chi connectivity index (χ0) is 17.9. The van der Waals surface area contributed by atoms with Gasteiger partial charge in [-0.3, -0.25) is 4.79 Å². The third-order valence-corrected chi connectivity index (χ3v) is 4.57. The van der Waals surface area contributed by atoms with Crippen LogP contribution in [-0.4, -0.2) is 34.6 Å². The summed E-state index contributed by atoms with van der Waals surface area (Å²) < 4.78 is 10.6. The van der Waals surface area contributed by atoms with Gasteiger partial charge in [0, 0.05) is 25.1 Å². The quantitative estimate of drug-likeness (QED) is 0.707. The van der Waals surface area contributed by atoms with Crippen molar-refractivity contribution in [2.75, 3.05) is 13.7 Å². The third-order valence-electron chi connectivity index (χ3n) is 4.57. The molecule has 1 saturated heterocycles. The molecule has 1 aromatic heterocycles. The average Bonchev–Trinajstić information content (AvgIpc) is 3.31. The monoisotopic (exact) mass is 349 g/mol. The summed E-state index contributed by atoms with van der Waals surface area (Å²) in [7, 11) is 1.64. The van der Waals surface area contributed by atoms with Crippen molar-refractivity contribution >= 4 is 5.91 Å². The van der Waals surface area contributed by atoms with Crippen LogP contribution in [0.1, 0.15) is 23.8 Å². The van der Waals surface area contributed by atoms with Crippen LogP contribution >= 0.6 is 0 Å². The number of benzene rings is 2. The van der Waals surface area contributed by atoms with Crippen molar-refractivity contribution in [3.63, 3.8) is 0 Å². The van der Waals surface area contributed by atoms with Crippen LogP contribution < -0.4 is 4.74 Å². The van der Waals surface area contributed by atoms with Crippen molar-refractivity contribution in [2.45, 2.75) is 18.9 Å². The molecule has 0 aliphatic carbocycles. The van der Waals surface area contributed by atoms with Gasteiger partial charge in [0.2, 0.25) is 17.6 Å². The Morgan fingerprint density at radius 2 is 1.92 bits per heavy atom. The summed E-state index contributed by atoms with van der Waals surface area (Å²) in [6.45, 7) is 1.15. The fourth-order valence-electron chi connectivity index (χ4n) is 3.15. The summed E-state index contributed by atoms with van der Waals surface area (Å²) in [6.07, 6.45) is 0.395. The molecule has 6 heteroatoms. The van der Waals surface area contributed by atoms with E-state index in [1.54, 1.807) is 7.11 Å². The fourth-order valence-corrected chi connectivity index (χ4v) is 3.15. The molecule has 1 aliphatic heterocycles. The Balaban J connectivity index is 1.45. The molecule has 4 rings (SSSR count). The molecule has 3 aromatic rings. The molecule has 0 radical (unpaired) electrons. The van der Waals surface area contributed by atoms with E-state index in [0.29, 0.717) is 31.2 Å². The molecule has 0 spiro atoms.